The average Bonchev–Trinajstić information content (AvgIpc) is 2.23. The highest BCUT2D eigenvalue weighted by Gasteiger charge is 2.36. The minimum atomic E-state index is -1.17. The number of alkyl halides is 2. The predicted octanol–water partition coefficient (Wildman–Crippen LogP) is 4.78. The Morgan fingerprint density at radius 2 is 1.60 bits per heavy atom. The summed E-state index contributed by atoms with van der Waals surface area (Å²) in [7, 11) is 0. The number of halogens is 2. The van der Waals surface area contributed by atoms with Crippen molar-refractivity contribution in [1.82, 2.24) is 0 Å². The van der Waals surface area contributed by atoms with Crippen molar-refractivity contribution in [2.24, 2.45) is 17.8 Å². The van der Waals surface area contributed by atoms with Gasteiger partial charge in [-0.2, -0.15) is 0 Å². The first-order valence-corrected chi connectivity index (χ1v) is 6.14. The van der Waals surface area contributed by atoms with E-state index < -0.39 is 5.67 Å². The van der Waals surface area contributed by atoms with E-state index >= 15 is 0 Å². The lowest BCUT2D eigenvalue weighted by Gasteiger charge is -2.34. The van der Waals surface area contributed by atoms with Gasteiger partial charge in [-0.05, 0) is 31.1 Å². The van der Waals surface area contributed by atoms with Crippen LogP contribution in [0.15, 0.2) is 0 Å². The molecule has 0 radical (unpaired) electrons. The Morgan fingerprint density at radius 1 is 1.07 bits per heavy atom. The third-order valence-electron chi connectivity index (χ3n) is 4.02. The molecule has 15 heavy (non-hydrogen) atoms. The van der Waals surface area contributed by atoms with Gasteiger partial charge in [0.25, 0.3) is 0 Å². The van der Waals surface area contributed by atoms with Crippen molar-refractivity contribution in [2.45, 2.75) is 59.5 Å². The van der Waals surface area contributed by atoms with E-state index in [1.54, 1.807) is 6.92 Å². The van der Waals surface area contributed by atoms with E-state index in [4.69, 9.17) is 0 Å². The lowest BCUT2D eigenvalue weighted by atomic mass is 9.76. The van der Waals surface area contributed by atoms with E-state index in [2.05, 4.69) is 0 Å². The molecule has 0 aromatic carbocycles. The summed E-state index contributed by atoms with van der Waals surface area (Å²) >= 11 is 0. The van der Waals surface area contributed by atoms with Gasteiger partial charge >= 0.3 is 0 Å². The zero-order valence-electron chi connectivity index (χ0n) is 10.8. The molecule has 4 unspecified atom stereocenters. The smallest absolute Gasteiger partial charge is 0.113 e. The van der Waals surface area contributed by atoms with Gasteiger partial charge in [0.05, 0.1) is 6.67 Å². The van der Waals surface area contributed by atoms with Gasteiger partial charge < -0.3 is 0 Å². The minimum Gasteiger partial charge on any atom is -0.251 e. The summed E-state index contributed by atoms with van der Waals surface area (Å²) in [6, 6.07) is 0. The van der Waals surface area contributed by atoms with Gasteiger partial charge in [-0.3, -0.25) is 4.39 Å². The van der Waals surface area contributed by atoms with E-state index in [1.807, 2.05) is 27.7 Å². The maximum absolute atomic E-state index is 14.4. The molecular formula is C13H26F2. The van der Waals surface area contributed by atoms with Crippen molar-refractivity contribution in [3.63, 3.8) is 0 Å². The van der Waals surface area contributed by atoms with Crippen LogP contribution in [0.3, 0.4) is 0 Å². The van der Waals surface area contributed by atoms with Crippen molar-refractivity contribution in [3.8, 4) is 0 Å². The van der Waals surface area contributed by atoms with Crippen LogP contribution < -0.4 is 0 Å². The van der Waals surface area contributed by atoms with Crippen LogP contribution in [0.5, 0.6) is 0 Å². The third kappa shape index (κ3) is 4.08. The molecular weight excluding hydrogens is 194 g/mol. The molecule has 0 spiro atoms. The molecule has 0 bridgehead atoms. The van der Waals surface area contributed by atoms with Crippen LogP contribution in [-0.2, 0) is 0 Å². The van der Waals surface area contributed by atoms with Crippen LogP contribution in [-0.4, -0.2) is 12.3 Å². The van der Waals surface area contributed by atoms with E-state index in [0.29, 0.717) is 6.42 Å². The van der Waals surface area contributed by atoms with Gasteiger partial charge in [0.15, 0.2) is 0 Å². The highest BCUT2D eigenvalue weighted by atomic mass is 19.1. The summed E-state index contributed by atoms with van der Waals surface area (Å²) in [5.41, 5.74) is -1.17. The van der Waals surface area contributed by atoms with Crippen molar-refractivity contribution < 1.29 is 8.78 Å². The Kier molecular flexibility index (Phi) is 6.38. The lowest BCUT2D eigenvalue weighted by molar-refractivity contribution is 0.0332. The maximum Gasteiger partial charge on any atom is 0.113 e. The first-order chi connectivity index (χ1) is 6.89. The molecule has 0 rings (SSSR count). The molecule has 0 fully saturated rings. The van der Waals surface area contributed by atoms with E-state index in [9.17, 15) is 8.78 Å². The molecule has 0 amide bonds. The van der Waals surface area contributed by atoms with Crippen molar-refractivity contribution in [2.75, 3.05) is 6.67 Å². The Bertz CT molecular complexity index is 162. The fourth-order valence-corrected chi connectivity index (χ4v) is 1.95. The number of rotatable bonds is 7. The van der Waals surface area contributed by atoms with Crippen LogP contribution in [0.1, 0.15) is 53.9 Å². The van der Waals surface area contributed by atoms with Crippen LogP contribution >= 0.6 is 0 Å². The number of hydrogen-bond acceptors (Lipinski definition) is 0. The fraction of sp³-hybridized carbons (Fsp3) is 1.00. The second-order valence-electron chi connectivity index (χ2n) is 5.03. The Labute approximate surface area is 93.4 Å². The van der Waals surface area contributed by atoms with Gasteiger partial charge in [-0.15, -0.1) is 0 Å². The molecule has 4 atom stereocenters. The van der Waals surface area contributed by atoms with Crippen molar-refractivity contribution in [3.05, 3.63) is 0 Å². The molecule has 0 aromatic rings. The van der Waals surface area contributed by atoms with Gasteiger partial charge in [0, 0.05) is 0 Å². The topological polar surface area (TPSA) is 0 Å². The minimum absolute atomic E-state index is 0.0270. The molecule has 0 saturated carbocycles. The summed E-state index contributed by atoms with van der Waals surface area (Å²) in [5.74, 6) is 0.0110. The quantitative estimate of drug-likeness (QED) is 0.579. The maximum atomic E-state index is 14.4. The van der Waals surface area contributed by atoms with Crippen LogP contribution in [0, 0.1) is 17.8 Å². The summed E-state index contributed by atoms with van der Waals surface area (Å²) < 4.78 is 27.0. The summed E-state index contributed by atoms with van der Waals surface area (Å²) in [6.45, 7) is 9.16. The van der Waals surface area contributed by atoms with Crippen LogP contribution in [0.2, 0.25) is 0 Å². The molecule has 0 saturated heterocycles. The fourth-order valence-electron chi connectivity index (χ4n) is 1.95. The van der Waals surface area contributed by atoms with Crippen molar-refractivity contribution >= 4 is 0 Å². The second-order valence-corrected chi connectivity index (χ2v) is 5.03. The summed E-state index contributed by atoms with van der Waals surface area (Å²) in [4.78, 5) is 0. The second kappa shape index (κ2) is 6.44. The molecule has 0 aliphatic carbocycles. The van der Waals surface area contributed by atoms with E-state index in [0.717, 1.165) is 12.8 Å². The van der Waals surface area contributed by atoms with Crippen molar-refractivity contribution in [1.29, 1.82) is 0 Å². The molecule has 92 valence electrons. The van der Waals surface area contributed by atoms with Gasteiger partial charge in [0.2, 0.25) is 0 Å². The predicted molar refractivity (Wildman–Crippen MR) is 62.5 cm³/mol. The average molecular weight is 220 g/mol. The Morgan fingerprint density at radius 3 is 1.93 bits per heavy atom. The first kappa shape index (κ1) is 14.9. The molecule has 0 aliphatic rings. The molecule has 0 N–H and O–H groups in total. The summed E-state index contributed by atoms with van der Waals surface area (Å²) in [5, 5.41) is 0. The number of hydrogen-bond donors (Lipinski definition) is 0. The van der Waals surface area contributed by atoms with E-state index in [-0.39, 0.29) is 24.4 Å². The largest absolute Gasteiger partial charge is 0.251 e. The first-order valence-electron chi connectivity index (χ1n) is 6.14. The van der Waals surface area contributed by atoms with Crippen LogP contribution in [0.25, 0.3) is 0 Å². The van der Waals surface area contributed by atoms with Crippen LogP contribution in [0.4, 0.5) is 8.78 Å². The zero-order chi connectivity index (χ0) is 12.1. The van der Waals surface area contributed by atoms with Gasteiger partial charge in [0.1, 0.15) is 5.67 Å². The highest BCUT2D eigenvalue weighted by molar-refractivity contribution is 4.85. The SMILES string of the molecule is CCC(CF)CC(C)C(C)(F)C(C)CC. The standard InChI is InChI=1S/C13H26F2/c1-6-10(3)13(5,15)11(4)8-12(7-2)9-14/h10-12H,6-9H2,1-5H3. The Balaban J connectivity index is 4.34. The normalized spacial score (nSPS) is 21.8. The molecule has 0 aromatic heterocycles. The molecule has 0 aliphatic heterocycles. The molecule has 0 nitrogen and oxygen atoms in total. The monoisotopic (exact) mass is 220 g/mol. The molecule has 0 heterocycles. The van der Waals surface area contributed by atoms with Gasteiger partial charge in [-0.1, -0.05) is 40.5 Å². The third-order valence-corrected chi connectivity index (χ3v) is 4.02. The lowest BCUT2D eigenvalue weighted by Crippen LogP contribution is -2.36. The molecule has 2 heteroatoms. The zero-order valence-corrected chi connectivity index (χ0v) is 10.8. The Hall–Kier alpha value is -0.140. The van der Waals surface area contributed by atoms with E-state index in [1.165, 1.54) is 0 Å². The van der Waals surface area contributed by atoms with Gasteiger partial charge in [-0.25, -0.2) is 4.39 Å². The highest BCUT2D eigenvalue weighted by Crippen LogP contribution is 2.36. The summed E-state index contributed by atoms with van der Waals surface area (Å²) in [6.07, 6.45) is 2.30.